The van der Waals surface area contributed by atoms with Gasteiger partial charge in [0.15, 0.2) is 0 Å². The van der Waals surface area contributed by atoms with Crippen LogP contribution in [0.3, 0.4) is 0 Å². The van der Waals surface area contributed by atoms with E-state index in [4.69, 9.17) is 0 Å². The molecule has 0 bridgehead atoms. The molecular formula is C14H21NS. The van der Waals surface area contributed by atoms with E-state index >= 15 is 0 Å². The van der Waals surface area contributed by atoms with Crippen LogP contribution in [0.4, 0.5) is 0 Å². The summed E-state index contributed by atoms with van der Waals surface area (Å²) in [6, 6.07) is 8.85. The first-order chi connectivity index (χ1) is 7.90. The minimum absolute atomic E-state index is 1.15. The van der Waals surface area contributed by atoms with Gasteiger partial charge in [0.1, 0.15) is 0 Å². The van der Waals surface area contributed by atoms with Crippen LogP contribution in [0.5, 0.6) is 0 Å². The summed E-state index contributed by atoms with van der Waals surface area (Å²) in [5.74, 6) is 1.24. The molecule has 1 aromatic carbocycles. The second-order valence-corrected chi connectivity index (χ2v) is 5.58. The topological polar surface area (TPSA) is 3.24 Å². The van der Waals surface area contributed by atoms with E-state index in [2.05, 4.69) is 36.1 Å². The molecule has 1 heterocycles. The van der Waals surface area contributed by atoms with Crippen molar-refractivity contribution in [1.29, 1.82) is 0 Å². The molecule has 2 rings (SSSR count). The zero-order chi connectivity index (χ0) is 11.2. The number of hydrogen-bond acceptors (Lipinski definition) is 2. The highest BCUT2D eigenvalue weighted by molar-refractivity contribution is 7.99. The smallest absolute Gasteiger partial charge is 0.0245 e. The summed E-state index contributed by atoms with van der Waals surface area (Å²) >= 11 is 2.01. The highest BCUT2D eigenvalue weighted by Gasteiger charge is 2.13. The Morgan fingerprint density at radius 1 is 1.25 bits per heavy atom. The first-order valence-corrected chi connectivity index (χ1v) is 7.32. The van der Waals surface area contributed by atoms with Crippen molar-refractivity contribution < 1.29 is 0 Å². The van der Waals surface area contributed by atoms with E-state index in [0.29, 0.717) is 0 Å². The van der Waals surface area contributed by atoms with Gasteiger partial charge >= 0.3 is 0 Å². The average Bonchev–Trinajstić information content (AvgIpc) is 2.51. The molecule has 1 aliphatic heterocycles. The molecule has 0 unspecified atom stereocenters. The molecule has 0 atom stereocenters. The molecule has 0 radical (unpaired) electrons. The van der Waals surface area contributed by atoms with E-state index in [1.165, 1.54) is 48.6 Å². The van der Waals surface area contributed by atoms with E-state index < -0.39 is 0 Å². The summed E-state index contributed by atoms with van der Waals surface area (Å²) in [4.78, 5) is 4.09. The van der Waals surface area contributed by atoms with E-state index in [-0.39, 0.29) is 0 Å². The fourth-order valence-corrected chi connectivity index (χ4v) is 3.22. The predicted molar refractivity (Wildman–Crippen MR) is 72.0 cm³/mol. The number of rotatable bonds is 4. The summed E-state index contributed by atoms with van der Waals surface area (Å²) < 4.78 is 0. The van der Waals surface area contributed by atoms with Crippen molar-refractivity contribution in [2.75, 3.05) is 18.8 Å². The Labute approximate surface area is 103 Å². The third kappa shape index (κ3) is 3.26. The van der Waals surface area contributed by atoms with Gasteiger partial charge in [-0.15, -0.1) is 11.8 Å². The maximum atomic E-state index is 2.61. The van der Waals surface area contributed by atoms with Gasteiger partial charge in [-0.3, -0.25) is 4.90 Å². The Morgan fingerprint density at radius 3 is 3.00 bits per heavy atom. The quantitative estimate of drug-likeness (QED) is 0.731. The Hall–Kier alpha value is -0.470. The Morgan fingerprint density at radius 2 is 2.12 bits per heavy atom. The first kappa shape index (κ1) is 12.0. The summed E-state index contributed by atoms with van der Waals surface area (Å²) in [7, 11) is 0. The Kier molecular flexibility index (Phi) is 4.73. The van der Waals surface area contributed by atoms with Crippen molar-refractivity contribution >= 4 is 11.8 Å². The van der Waals surface area contributed by atoms with Gasteiger partial charge < -0.3 is 0 Å². The molecule has 88 valence electrons. The van der Waals surface area contributed by atoms with Gasteiger partial charge in [-0.25, -0.2) is 0 Å². The molecule has 0 saturated heterocycles. The molecule has 0 N–H and O–H groups in total. The van der Waals surface area contributed by atoms with Crippen LogP contribution in [0.15, 0.2) is 29.2 Å². The lowest BCUT2D eigenvalue weighted by Crippen LogP contribution is -2.25. The average molecular weight is 235 g/mol. The fraction of sp³-hybridized carbons (Fsp3) is 0.571. The highest BCUT2D eigenvalue weighted by atomic mass is 32.2. The molecular weight excluding hydrogens is 214 g/mol. The molecule has 0 aliphatic carbocycles. The summed E-state index contributed by atoms with van der Waals surface area (Å²) in [5.41, 5.74) is 1.52. The third-order valence-electron chi connectivity index (χ3n) is 3.11. The van der Waals surface area contributed by atoms with Crippen LogP contribution >= 0.6 is 11.8 Å². The predicted octanol–water partition coefficient (Wildman–Crippen LogP) is 3.78. The van der Waals surface area contributed by atoms with Gasteiger partial charge in [0, 0.05) is 23.7 Å². The van der Waals surface area contributed by atoms with E-state index in [0.717, 1.165) is 6.54 Å². The zero-order valence-electron chi connectivity index (χ0n) is 10.1. The number of hydrogen-bond donors (Lipinski definition) is 0. The molecule has 1 aliphatic rings. The van der Waals surface area contributed by atoms with Crippen molar-refractivity contribution in [1.82, 2.24) is 4.90 Å². The van der Waals surface area contributed by atoms with Crippen LogP contribution in [0, 0.1) is 0 Å². The molecule has 0 aromatic heterocycles. The van der Waals surface area contributed by atoms with Crippen molar-refractivity contribution in [2.45, 2.75) is 37.6 Å². The van der Waals surface area contributed by atoms with Crippen molar-refractivity contribution in [3.8, 4) is 0 Å². The van der Waals surface area contributed by atoms with Crippen molar-refractivity contribution in [3.63, 3.8) is 0 Å². The Balaban J connectivity index is 1.94. The lowest BCUT2D eigenvalue weighted by molar-refractivity contribution is 0.276. The number of benzene rings is 1. The van der Waals surface area contributed by atoms with Gasteiger partial charge in [-0.05, 0) is 24.6 Å². The molecule has 0 amide bonds. The molecule has 0 spiro atoms. The maximum absolute atomic E-state index is 2.61. The van der Waals surface area contributed by atoms with Crippen molar-refractivity contribution in [3.05, 3.63) is 29.8 Å². The number of unbranched alkanes of at least 4 members (excludes halogenated alkanes) is 2. The van der Waals surface area contributed by atoms with Crippen molar-refractivity contribution in [2.24, 2.45) is 0 Å². The molecule has 16 heavy (non-hydrogen) atoms. The maximum Gasteiger partial charge on any atom is 0.0245 e. The van der Waals surface area contributed by atoms with Crippen LogP contribution in [0.25, 0.3) is 0 Å². The van der Waals surface area contributed by atoms with Gasteiger partial charge in [0.05, 0.1) is 0 Å². The molecule has 2 heteroatoms. The minimum Gasteiger partial charge on any atom is -0.298 e. The van der Waals surface area contributed by atoms with E-state index in [1.54, 1.807) is 0 Å². The molecule has 0 saturated carbocycles. The van der Waals surface area contributed by atoms with E-state index in [9.17, 15) is 0 Å². The third-order valence-corrected chi connectivity index (χ3v) is 4.21. The standard InChI is InChI=1S/C14H21NS/c1-2-3-6-9-15-10-11-16-14-8-5-4-7-13(14)12-15/h4-5,7-8H,2-3,6,9-12H2,1H3. The molecule has 1 nitrogen and oxygen atoms in total. The van der Waals surface area contributed by atoms with Crippen LogP contribution in [-0.4, -0.2) is 23.7 Å². The lowest BCUT2D eigenvalue weighted by Gasteiger charge is -2.19. The normalized spacial score (nSPS) is 16.8. The second-order valence-electron chi connectivity index (χ2n) is 4.44. The van der Waals surface area contributed by atoms with Gasteiger partial charge in [0.25, 0.3) is 0 Å². The monoisotopic (exact) mass is 235 g/mol. The summed E-state index contributed by atoms with van der Waals surface area (Å²) in [6.45, 7) is 5.92. The van der Waals surface area contributed by atoms with Crippen LogP contribution in [0.2, 0.25) is 0 Å². The number of nitrogens with zero attached hydrogens (tertiary/aromatic N) is 1. The first-order valence-electron chi connectivity index (χ1n) is 6.33. The van der Waals surface area contributed by atoms with Crippen LogP contribution < -0.4 is 0 Å². The zero-order valence-corrected chi connectivity index (χ0v) is 10.9. The van der Waals surface area contributed by atoms with E-state index in [1.807, 2.05) is 11.8 Å². The molecule has 1 aromatic rings. The SMILES string of the molecule is CCCCCN1CCSc2ccccc2C1. The number of fused-ring (bicyclic) bond motifs is 1. The van der Waals surface area contributed by atoms with Gasteiger partial charge in [-0.1, -0.05) is 38.0 Å². The van der Waals surface area contributed by atoms with Crippen LogP contribution in [0.1, 0.15) is 31.7 Å². The largest absolute Gasteiger partial charge is 0.298 e. The second kappa shape index (κ2) is 6.31. The fourth-order valence-electron chi connectivity index (χ4n) is 2.16. The lowest BCUT2D eigenvalue weighted by atomic mass is 10.2. The summed E-state index contributed by atoms with van der Waals surface area (Å²) in [6.07, 6.45) is 4.04. The Bertz CT molecular complexity index is 324. The van der Waals surface area contributed by atoms with Gasteiger partial charge in [-0.2, -0.15) is 0 Å². The minimum atomic E-state index is 1.15. The van der Waals surface area contributed by atoms with Crippen LogP contribution in [-0.2, 0) is 6.54 Å². The number of thioether (sulfide) groups is 1. The van der Waals surface area contributed by atoms with Gasteiger partial charge in [0.2, 0.25) is 0 Å². The highest BCUT2D eigenvalue weighted by Crippen LogP contribution is 2.27. The molecule has 0 fully saturated rings. The summed E-state index contributed by atoms with van der Waals surface area (Å²) in [5, 5.41) is 0.